The lowest BCUT2D eigenvalue weighted by atomic mass is 10.1. The fraction of sp³-hybridized carbons (Fsp3) is 0.625. The maximum absolute atomic E-state index is 5.96. The molecule has 0 aliphatic carbocycles. The molecule has 110 valence electrons. The van der Waals surface area contributed by atoms with Crippen LogP contribution in [0.15, 0.2) is 30.3 Å². The number of hydrogen-bond donors (Lipinski definition) is 0. The Morgan fingerprint density at radius 1 is 1.20 bits per heavy atom. The summed E-state index contributed by atoms with van der Waals surface area (Å²) < 4.78 is 5.96. The maximum atomic E-state index is 5.96. The summed E-state index contributed by atoms with van der Waals surface area (Å²) in [6.07, 6.45) is 1.45. The average Bonchev–Trinajstić information content (AvgIpc) is 2.90. The lowest BCUT2D eigenvalue weighted by Crippen LogP contribution is -2.50. The predicted molar refractivity (Wildman–Crippen MR) is 82.2 cm³/mol. The summed E-state index contributed by atoms with van der Waals surface area (Å²) >= 11 is 5.80. The van der Waals surface area contributed by atoms with Crippen molar-refractivity contribution >= 4 is 11.6 Å². The van der Waals surface area contributed by atoms with Crippen LogP contribution in [-0.2, 0) is 11.3 Å². The third kappa shape index (κ3) is 3.34. The number of fused-ring (bicyclic) bond motifs is 1. The Morgan fingerprint density at radius 3 is 2.85 bits per heavy atom. The smallest absolute Gasteiger partial charge is 0.0870 e. The second-order valence-electron chi connectivity index (χ2n) is 5.73. The highest BCUT2D eigenvalue weighted by molar-refractivity contribution is 6.17. The topological polar surface area (TPSA) is 15.7 Å². The fourth-order valence-corrected chi connectivity index (χ4v) is 3.43. The minimum Gasteiger partial charge on any atom is -0.374 e. The molecule has 0 aromatic heterocycles. The second kappa shape index (κ2) is 6.90. The van der Waals surface area contributed by atoms with Crippen molar-refractivity contribution in [1.29, 1.82) is 0 Å². The second-order valence-corrected chi connectivity index (χ2v) is 6.11. The van der Waals surface area contributed by atoms with Gasteiger partial charge in [0.05, 0.1) is 18.8 Å². The molecule has 4 heteroatoms. The maximum Gasteiger partial charge on any atom is 0.0870 e. The quantitative estimate of drug-likeness (QED) is 0.775. The van der Waals surface area contributed by atoms with E-state index >= 15 is 0 Å². The minimum atomic E-state index is 0.378. The van der Waals surface area contributed by atoms with Gasteiger partial charge in [0.1, 0.15) is 0 Å². The van der Waals surface area contributed by atoms with Gasteiger partial charge >= 0.3 is 0 Å². The number of morpholine rings is 1. The first kappa shape index (κ1) is 14.3. The number of hydrogen-bond acceptors (Lipinski definition) is 3. The molecule has 2 saturated heterocycles. The normalized spacial score (nSPS) is 27.6. The van der Waals surface area contributed by atoms with E-state index in [2.05, 4.69) is 40.1 Å². The zero-order valence-electron chi connectivity index (χ0n) is 11.9. The molecule has 0 radical (unpaired) electrons. The summed E-state index contributed by atoms with van der Waals surface area (Å²) in [5.41, 5.74) is 1.40. The average molecular weight is 295 g/mol. The van der Waals surface area contributed by atoms with Gasteiger partial charge in [-0.05, 0) is 18.5 Å². The van der Waals surface area contributed by atoms with Crippen molar-refractivity contribution in [3.8, 4) is 0 Å². The highest BCUT2D eigenvalue weighted by Gasteiger charge is 2.39. The van der Waals surface area contributed by atoms with Gasteiger partial charge in [0.15, 0.2) is 0 Å². The zero-order chi connectivity index (χ0) is 13.8. The summed E-state index contributed by atoms with van der Waals surface area (Å²) in [5.74, 6) is 0.750. The van der Waals surface area contributed by atoms with Crippen LogP contribution in [-0.4, -0.2) is 60.6 Å². The van der Waals surface area contributed by atoms with E-state index in [1.54, 1.807) is 0 Å². The molecule has 1 aromatic rings. The minimum absolute atomic E-state index is 0.378. The Hall–Kier alpha value is -0.610. The van der Waals surface area contributed by atoms with E-state index in [-0.39, 0.29) is 0 Å². The Labute approximate surface area is 126 Å². The Bertz CT molecular complexity index is 414. The molecule has 2 heterocycles. The number of rotatable bonds is 5. The van der Waals surface area contributed by atoms with Crippen molar-refractivity contribution < 1.29 is 4.74 Å². The van der Waals surface area contributed by atoms with Crippen molar-refractivity contribution in [2.45, 2.75) is 25.1 Å². The van der Waals surface area contributed by atoms with E-state index < -0.39 is 0 Å². The van der Waals surface area contributed by atoms with Crippen molar-refractivity contribution in [2.24, 2.45) is 0 Å². The molecule has 0 unspecified atom stereocenters. The molecule has 2 aliphatic heterocycles. The number of nitrogens with zero attached hydrogens (tertiary/aromatic N) is 2. The molecule has 0 saturated carbocycles. The van der Waals surface area contributed by atoms with Gasteiger partial charge in [-0.1, -0.05) is 30.3 Å². The molecule has 2 fully saturated rings. The van der Waals surface area contributed by atoms with Gasteiger partial charge in [0.2, 0.25) is 0 Å². The number of alkyl halides is 1. The van der Waals surface area contributed by atoms with Crippen LogP contribution in [0.25, 0.3) is 0 Å². The molecule has 2 atom stereocenters. The van der Waals surface area contributed by atoms with E-state index in [1.165, 1.54) is 5.56 Å². The van der Waals surface area contributed by atoms with Crippen molar-refractivity contribution in [1.82, 2.24) is 9.80 Å². The van der Waals surface area contributed by atoms with E-state index in [0.29, 0.717) is 12.1 Å². The molecular formula is C16H23ClN2O. The van der Waals surface area contributed by atoms with Gasteiger partial charge in [0, 0.05) is 32.1 Å². The SMILES string of the molecule is ClCCCN1C[C@H]2OCCN(Cc3ccccc3)[C@H]2C1. The summed E-state index contributed by atoms with van der Waals surface area (Å²) in [5, 5.41) is 0. The Balaban J connectivity index is 1.61. The number of halogens is 1. The summed E-state index contributed by atoms with van der Waals surface area (Å²) in [6, 6.07) is 11.3. The molecule has 0 N–H and O–H groups in total. The summed E-state index contributed by atoms with van der Waals surface area (Å²) in [6.45, 7) is 6.21. The van der Waals surface area contributed by atoms with Gasteiger partial charge in [-0.15, -0.1) is 11.6 Å². The summed E-state index contributed by atoms with van der Waals surface area (Å²) in [4.78, 5) is 5.09. The summed E-state index contributed by atoms with van der Waals surface area (Å²) in [7, 11) is 0. The molecule has 3 rings (SSSR count). The van der Waals surface area contributed by atoms with Gasteiger partial charge in [-0.2, -0.15) is 0 Å². The lowest BCUT2D eigenvalue weighted by molar-refractivity contribution is -0.0504. The van der Waals surface area contributed by atoms with Gasteiger partial charge < -0.3 is 4.74 Å². The molecule has 2 aliphatic rings. The third-order valence-electron chi connectivity index (χ3n) is 4.33. The lowest BCUT2D eigenvalue weighted by Gasteiger charge is -2.37. The Morgan fingerprint density at radius 2 is 2.05 bits per heavy atom. The van der Waals surface area contributed by atoms with Crippen LogP contribution >= 0.6 is 11.6 Å². The van der Waals surface area contributed by atoms with Crippen LogP contribution in [0.4, 0.5) is 0 Å². The number of benzene rings is 1. The zero-order valence-corrected chi connectivity index (χ0v) is 12.6. The van der Waals surface area contributed by atoms with Gasteiger partial charge in [0.25, 0.3) is 0 Å². The predicted octanol–water partition coefficient (Wildman–Crippen LogP) is 2.20. The standard InChI is InChI=1S/C16H23ClN2O/c17-7-4-8-18-12-15-16(13-18)20-10-9-19(15)11-14-5-2-1-3-6-14/h1-3,5-6,15-16H,4,7-13H2/t15-,16+/m0/s1. The first-order valence-corrected chi connectivity index (χ1v) is 8.08. The first-order chi connectivity index (χ1) is 9.86. The van der Waals surface area contributed by atoms with Crippen LogP contribution < -0.4 is 0 Å². The molecule has 1 aromatic carbocycles. The fourth-order valence-electron chi connectivity index (χ4n) is 3.31. The van der Waals surface area contributed by atoms with E-state index in [4.69, 9.17) is 16.3 Å². The number of likely N-dealkylation sites (tertiary alicyclic amines) is 1. The Kier molecular flexibility index (Phi) is 4.94. The molecule has 0 amide bonds. The van der Waals surface area contributed by atoms with Gasteiger partial charge in [-0.25, -0.2) is 0 Å². The third-order valence-corrected chi connectivity index (χ3v) is 4.60. The van der Waals surface area contributed by atoms with Gasteiger partial charge in [-0.3, -0.25) is 9.80 Å². The monoisotopic (exact) mass is 294 g/mol. The highest BCUT2D eigenvalue weighted by atomic mass is 35.5. The number of ether oxygens (including phenoxy) is 1. The molecule has 20 heavy (non-hydrogen) atoms. The van der Waals surface area contributed by atoms with Crippen LogP contribution in [0.5, 0.6) is 0 Å². The van der Waals surface area contributed by atoms with Crippen LogP contribution in [0.3, 0.4) is 0 Å². The van der Waals surface area contributed by atoms with E-state index in [9.17, 15) is 0 Å². The molecular weight excluding hydrogens is 272 g/mol. The van der Waals surface area contributed by atoms with Crippen molar-refractivity contribution in [2.75, 3.05) is 38.7 Å². The van der Waals surface area contributed by atoms with Crippen molar-refractivity contribution in [3.05, 3.63) is 35.9 Å². The molecule has 3 nitrogen and oxygen atoms in total. The first-order valence-electron chi connectivity index (χ1n) is 7.55. The van der Waals surface area contributed by atoms with Crippen LogP contribution in [0.2, 0.25) is 0 Å². The molecule has 0 bridgehead atoms. The van der Waals surface area contributed by atoms with Crippen LogP contribution in [0, 0.1) is 0 Å². The van der Waals surface area contributed by atoms with E-state index in [0.717, 1.165) is 51.6 Å². The highest BCUT2D eigenvalue weighted by Crippen LogP contribution is 2.24. The van der Waals surface area contributed by atoms with Crippen LogP contribution in [0.1, 0.15) is 12.0 Å². The van der Waals surface area contributed by atoms with E-state index in [1.807, 2.05) is 0 Å². The largest absolute Gasteiger partial charge is 0.374 e. The van der Waals surface area contributed by atoms with Crippen molar-refractivity contribution in [3.63, 3.8) is 0 Å². The molecule has 0 spiro atoms.